The molecule has 1 aliphatic heterocycles. The van der Waals surface area contributed by atoms with E-state index in [0.717, 1.165) is 36.1 Å². The predicted octanol–water partition coefficient (Wildman–Crippen LogP) is 4.17. The molecule has 0 unspecified atom stereocenters. The number of carbonyl (C=O) groups is 3. The Hall–Kier alpha value is -4.10. The number of thiophene rings is 1. The molecule has 3 aromatic rings. The van der Waals surface area contributed by atoms with Crippen LogP contribution in [0, 0.1) is 0 Å². The first-order valence-corrected chi connectivity index (χ1v) is 15.4. The molecule has 2 N–H and O–H groups in total. The number of rotatable bonds is 9. The van der Waals surface area contributed by atoms with Gasteiger partial charge < -0.3 is 24.3 Å². The fourth-order valence-electron chi connectivity index (χ4n) is 4.53. The van der Waals surface area contributed by atoms with E-state index in [-0.39, 0.29) is 22.8 Å². The van der Waals surface area contributed by atoms with Crippen LogP contribution in [-0.2, 0) is 37.1 Å². The van der Waals surface area contributed by atoms with Gasteiger partial charge in [0.15, 0.2) is 18.1 Å². The van der Waals surface area contributed by atoms with Crippen LogP contribution in [0.4, 0.5) is 10.7 Å². The van der Waals surface area contributed by atoms with Crippen molar-refractivity contribution < 1.29 is 41.7 Å². The first-order valence-electron chi connectivity index (χ1n) is 13.1. The van der Waals surface area contributed by atoms with Gasteiger partial charge in [0.2, 0.25) is 0 Å². The fraction of sp³-hybridized carbons (Fsp3) is 0.321. The second kappa shape index (κ2) is 12.2. The molecule has 1 amide bonds. The van der Waals surface area contributed by atoms with E-state index in [2.05, 4.69) is 10.0 Å². The maximum Gasteiger partial charge on any atom is 0.341 e. The molecule has 41 heavy (non-hydrogen) atoms. The van der Waals surface area contributed by atoms with Crippen molar-refractivity contribution in [3.05, 3.63) is 64.0 Å². The van der Waals surface area contributed by atoms with Gasteiger partial charge in [-0.2, -0.15) is 0 Å². The lowest BCUT2D eigenvalue weighted by atomic mass is 9.95. The number of esters is 2. The van der Waals surface area contributed by atoms with Crippen LogP contribution in [0.3, 0.4) is 0 Å². The smallest absolute Gasteiger partial charge is 0.341 e. The van der Waals surface area contributed by atoms with Gasteiger partial charge in [-0.3, -0.25) is 9.52 Å². The topological polar surface area (TPSA) is 146 Å². The Balaban J connectivity index is 1.18. The molecule has 0 spiro atoms. The highest BCUT2D eigenvalue weighted by molar-refractivity contribution is 7.92. The van der Waals surface area contributed by atoms with Gasteiger partial charge in [-0.25, -0.2) is 18.0 Å². The molecule has 0 saturated heterocycles. The minimum absolute atomic E-state index is 0.00560. The summed E-state index contributed by atoms with van der Waals surface area (Å²) < 4.78 is 49.3. The van der Waals surface area contributed by atoms with Crippen molar-refractivity contribution in [2.75, 3.05) is 36.5 Å². The summed E-state index contributed by atoms with van der Waals surface area (Å²) in [5.41, 5.74) is 1.64. The van der Waals surface area contributed by atoms with E-state index in [1.165, 1.54) is 53.8 Å². The third-order valence-electron chi connectivity index (χ3n) is 6.43. The Kier molecular flexibility index (Phi) is 8.45. The van der Waals surface area contributed by atoms with Crippen molar-refractivity contribution in [2.24, 2.45) is 0 Å². The molecule has 11 nitrogen and oxygen atoms in total. The number of fused-ring (bicyclic) bond motifs is 2. The van der Waals surface area contributed by atoms with E-state index >= 15 is 0 Å². The maximum atomic E-state index is 12.8. The number of sulfonamides is 1. The largest absolute Gasteiger partial charge is 0.486 e. The first kappa shape index (κ1) is 28.4. The van der Waals surface area contributed by atoms with Crippen molar-refractivity contribution in [3.8, 4) is 11.5 Å². The highest BCUT2D eigenvalue weighted by Crippen LogP contribution is 2.38. The minimum atomic E-state index is -3.93. The molecular weight excluding hydrogens is 572 g/mol. The number of ether oxygens (including phenoxy) is 4. The van der Waals surface area contributed by atoms with E-state index in [1.807, 2.05) is 0 Å². The molecule has 2 aromatic carbocycles. The number of nitrogens with one attached hydrogen (secondary N) is 2. The summed E-state index contributed by atoms with van der Waals surface area (Å²) >= 11 is 1.34. The van der Waals surface area contributed by atoms with Crippen molar-refractivity contribution in [1.82, 2.24) is 0 Å². The number of anilines is 2. The van der Waals surface area contributed by atoms with Crippen LogP contribution < -0.4 is 19.5 Å². The van der Waals surface area contributed by atoms with Crippen LogP contribution in [0.15, 0.2) is 47.4 Å². The number of hydrogen-bond acceptors (Lipinski definition) is 10. The molecule has 0 atom stereocenters. The van der Waals surface area contributed by atoms with Gasteiger partial charge in [0.25, 0.3) is 15.9 Å². The highest BCUT2D eigenvalue weighted by Gasteiger charge is 2.27. The van der Waals surface area contributed by atoms with Gasteiger partial charge >= 0.3 is 11.9 Å². The highest BCUT2D eigenvalue weighted by atomic mass is 32.2. The number of hydrogen-bond donors (Lipinski definition) is 2. The summed E-state index contributed by atoms with van der Waals surface area (Å²) in [4.78, 5) is 38.8. The van der Waals surface area contributed by atoms with Crippen LogP contribution in [0.25, 0.3) is 0 Å². The van der Waals surface area contributed by atoms with Crippen LogP contribution in [0.5, 0.6) is 11.5 Å². The maximum absolute atomic E-state index is 12.8. The third kappa shape index (κ3) is 6.46. The SMILES string of the molecule is CCOC(=O)c1c(NC(=O)COC(=O)c2ccc(NS(=O)(=O)c3ccc4c(c3)OCCO4)cc2)sc2c1CCCC2. The zero-order valence-corrected chi connectivity index (χ0v) is 23.8. The number of carbonyl (C=O) groups excluding carboxylic acids is 3. The van der Waals surface area contributed by atoms with Crippen LogP contribution in [0.2, 0.25) is 0 Å². The summed E-state index contributed by atoms with van der Waals surface area (Å²) in [6.45, 7) is 2.09. The summed E-state index contributed by atoms with van der Waals surface area (Å²) in [6.07, 6.45) is 3.55. The normalized spacial score (nSPS) is 14.0. The van der Waals surface area contributed by atoms with Gasteiger partial charge in [-0.1, -0.05) is 0 Å². The molecule has 1 aromatic heterocycles. The molecule has 2 heterocycles. The fourth-order valence-corrected chi connectivity index (χ4v) is 6.90. The summed E-state index contributed by atoms with van der Waals surface area (Å²) in [5.74, 6) is -1.02. The summed E-state index contributed by atoms with van der Waals surface area (Å²) in [6, 6.07) is 9.91. The van der Waals surface area contributed by atoms with E-state index in [1.54, 1.807) is 6.92 Å². The monoisotopic (exact) mass is 600 g/mol. The van der Waals surface area contributed by atoms with Gasteiger partial charge in [0, 0.05) is 16.6 Å². The Labute approximate surface area is 240 Å². The van der Waals surface area contributed by atoms with E-state index < -0.39 is 34.5 Å². The van der Waals surface area contributed by atoms with Crippen LogP contribution >= 0.6 is 11.3 Å². The van der Waals surface area contributed by atoms with Gasteiger partial charge in [-0.05, 0) is 74.6 Å². The molecule has 216 valence electrons. The average Bonchev–Trinajstić information content (AvgIpc) is 3.33. The molecule has 0 fully saturated rings. The van der Waals surface area contributed by atoms with Crippen LogP contribution in [-0.4, -0.2) is 52.7 Å². The Morgan fingerprint density at radius 1 is 0.927 bits per heavy atom. The second-order valence-corrected chi connectivity index (χ2v) is 12.0. The summed E-state index contributed by atoms with van der Waals surface area (Å²) in [5, 5.41) is 3.09. The number of benzene rings is 2. The lowest BCUT2D eigenvalue weighted by molar-refractivity contribution is -0.119. The molecule has 0 radical (unpaired) electrons. The molecule has 13 heteroatoms. The number of aryl methyl sites for hydroxylation is 1. The lowest BCUT2D eigenvalue weighted by Gasteiger charge is -2.19. The van der Waals surface area contributed by atoms with E-state index in [4.69, 9.17) is 18.9 Å². The average molecular weight is 601 g/mol. The first-order chi connectivity index (χ1) is 19.7. The Morgan fingerprint density at radius 2 is 1.66 bits per heavy atom. The molecule has 2 aliphatic rings. The second-order valence-electron chi connectivity index (χ2n) is 9.25. The van der Waals surface area contributed by atoms with Gasteiger partial charge in [0.05, 0.1) is 22.6 Å². The molecular formula is C28H28N2O9S2. The molecule has 0 saturated carbocycles. The Bertz CT molecular complexity index is 1580. The molecule has 0 bridgehead atoms. The number of amides is 1. The van der Waals surface area contributed by atoms with E-state index in [9.17, 15) is 22.8 Å². The Morgan fingerprint density at radius 3 is 2.41 bits per heavy atom. The zero-order chi connectivity index (χ0) is 29.0. The van der Waals surface area contributed by atoms with Crippen molar-refractivity contribution in [1.29, 1.82) is 0 Å². The van der Waals surface area contributed by atoms with Crippen molar-refractivity contribution >= 4 is 49.9 Å². The van der Waals surface area contributed by atoms with Gasteiger partial charge in [0.1, 0.15) is 18.2 Å². The zero-order valence-electron chi connectivity index (χ0n) is 22.2. The third-order valence-corrected chi connectivity index (χ3v) is 9.02. The minimum Gasteiger partial charge on any atom is -0.486 e. The van der Waals surface area contributed by atoms with Crippen molar-refractivity contribution in [3.63, 3.8) is 0 Å². The van der Waals surface area contributed by atoms with E-state index in [0.29, 0.717) is 35.3 Å². The van der Waals surface area contributed by atoms with Gasteiger partial charge in [-0.15, -0.1) is 11.3 Å². The van der Waals surface area contributed by atoms with Crippen LogP contribution in [0.1, 0.15) is 50.9 Å². The standard InChI is InChI=1S/C28H28N2O9S2/c1-2-36-28(33)25-20-5-3-4-6-23(20)40-26(25)29-24(31)16-39-27(32)17-7-9-18(10-8-17)30-41(34,35)19-11-12-21-22(15-19)38-14-13-37-21/h7-12,15,30H,2-6,13-14,16H2,1H3,(H,29,31). The van der Waals surface area contributed by atoms with Crippen molar-refractivity contribution in [2.45, 2.75) is 37.5 Å². The molecule has 5 rings (SSSR count). The predicted molar refractivity (Wildman–Crippen MR) is 151 cm³/mol. The molecule has 1 aliphatic carbocycles. The lowest BCUT2D eigenvalue weighted by Crippen LogP contribution is -2.22. The quantitative estimate of drug-likeness (QED) is 0.346. The summed E-state index contributed by atoms with van der Waals surface area (Å²) in [7, 11) is -3.93.